The molecule has 3 rings (SSSR count). The minimum atomic E-state index is -0.533. The summed E-state index contributed by atoms with van der Waals surface area (Å²) in [6.07, 6.45) is 6.66. The van der Waals surface area contributed by atoms with Crippen molar-refractivity contribution in [2.45, 2.75) is 19.6 Å². The lowest BCUT2D eigenvalue weighted by Gasteiger charge is -2.15. The van der Waals surface area contributed by atoms with E-state index in [0.29, 0.717) is 38.9 Å². The van der Waals surface area contributed by atoms with Crippen molar-refractivity contribution in [3.8, 4) is 0 Å². The zero-order chi connectivity index (χ0) is 27.4. The first-order chi connectivity index (χ1) is 17.5. The number of aromatic nitrogens is 3. The molecule has 0 spiro atoms. The second kappa shape index (κ2) is 15.5. The summed E-state index contributed by atoms with van der Waals surface area (Å²) in [6, 6.07) is 0. The molecular formula is C18H20Cl3N9O4S3. The van der Waals surface area contributed by atoms with E-state index in [9.17, 15) is 20.2 Å². The molecule has 0 bridgehead atoms. The minimum absolute atomic E-state index is 0.286. The molecule has 0 saturated heterocycles. The van der Waals surface area contributed by atoms with Crippen LogP contribution < -0.4 is 16.0 Å². The third-order valence-electron chi connectivity index (χ3n) is 3.87. The fourth-order valence-corrected chi connectivity index (χ4v) is 5.07. The summed E-state index contributed by atoms with van der Waals surface area (Å²) in [5.41, 5.74) is 0. The number of nitrogens with one attached hydrogen (secondary N) is 3. The minimum Gasteiger partial charge on any atom is -0.362 e. The van der Waals surface area contributed by atoms with Gasteiger partial charge in [-0.05, 0) is 0 Å². The zero-order valence-electron chi connectivity index (χ0n) is 19.2. The molecule has 3 N–H and O–H groups in total. The molecule has 0 aliphatic rings. The number of hydrogen-bond acceptors (Lipinski definition) is 14. The average molecular weight is 629 g/mol. The quantitative estimate of drug-likeness (QED) is 0.192. The van der Waals surface area contributed by atoms with Crippen LogP contribution in [0.2, 0.25) is 13.4 Å². The summed E-state index contributed by atoms with van der Waals surface area (Å²) in [7, 11) is 3.45. The predicted molar refractivity (Wildman–Crippen MR) is 146 cm³/mol. The van der Waals surface area contributed by atoms with Crippen LogP contribution >= 0.6 is 68.8 Å². The molecule has 0 amide bonds. The van der Waals surface area contributed by atoms with E-state index < -0.39 is 9.85 Å². The smallest absolute Gasteiger partial charge is 0.274 e. The van der Waals surface area contributed by atoms with Gasteiger partial charge < -0.3 is 20.9 Å². The van der Waals surface area contributed by atoms with Gasteiger partial charge in [0.15, 0.2) is 25.0 Å². The average Bonchev–Trinajstić information content (AvgIpc) is 3.54. The summed E-state index contributed by atoms with van der Waals surface area (Å²) < 4.78 is 1.32. The molecule has 19 heteroatoms. The molecule has 0 saturated carbocycles. The van der Waals surface area contributed by atoms with Crippen LogP contribution in [0.1, 0.15) is 14.6 Å². The molecule has 200 valence electrons. The van der Waals surface area contributed by atoms with Gasteiger partial charge in [0.25, 0.3) is 12.4 Å². The van der Waals surface area contributed by atoms with Gasteiger partial charge in [-0.3, -0.25) is 20.2 Å². The van der Waals surface area contributed by atoms with Gasteiger partial charge in [-0.25, -0.2) is 15.0 Å². The number of rotatable bonds is 12. The molecule has 0 aromatic carbocycles. The Morgan fingerprint density at radius 3 is 1.49 bits per heavy atom. The van der Waals surface area contributed by atoms with E-state index in [4.69, 9.17) is 34.8 Å². The summed E-state index contributed by atoms with van der Waals surface area (Å²) >= 11 is 21.1. The third kappa shape index (κ3) is 12.4. The fraction of sp³-hybridized carbons (Fsp3) is 0.278. The largest absolute Gasteiger partial charge is 0.362 e. The highest BCUT2D eigenvalue weighted by molar-refractivity contribution is 7.16. The van der Waals surface area contributed by atoms with Gasteiger partial charge in [0.1, 0.15) is 0 Å². The monoisotopic (exact) mass is 627 g/mol. The van der Waals surface area contributed by atoms with Crippen LogP contribution in [0, 0.1) is 20.2 Å². The Labute approximate surface area is 238 Å². The molecule has 0 unspecified atom stereocenters. The summed E-state index contributed by atoms with van der Waals surface area (Å²) in [4.78, 5) is 35.9. The summed E-state index contributed by atoms with van der Waals surface area (Å²) in [6.45, 7) is 1.24. The van der Waals surface area contributed by atoms with E-state index in [-0.39, 0.29) is 5.82 Å². The van der Waals surface area contributed by atoms with Crippen molar-refractivity contribution < 1.29 is 9.85 Å². The van der Waals surface area contributed by atoms with Gasteiger partial charge in [0.05, 0.1) is 29.5 Å². The van der Waals surface area contributed by atoms with Crippen molar-refractivity contribution in [1.29, 1.82) is 0 Å². The lowest BCUT2D eigenvalue weighted by Crippen LogP contribution is -2.26. The topological polar surface area (TPSA) is 164 Å². The molecule has 37 heavy (non-hydrogen) atoms. The molecule has 0 fully saturated rings. The lowest BCUT2D eigenvalue weighted by atomic mass is 10.5. The van der Waals surface area contributed by atoms with Crippen LogP contribution in [0.25, 0.3) is 0 Å². The molecule has 0 atom stereocenters. The highest BCUT2D eigenvalue weighted by Gasteiger charge is 2.08. The van der Waals surface area contributed by atoms with Crippen LogP contribution in [0.4, 0.5) is 0 Å². The maximum Gasteiger partial charge on any atom is 0.274 e. The standard InChI is InChI=1S/C10H9Cl2N5O2S2.C8H11ClN4O2S/c11-9-15-3-6(20-9)1-13-8(5-17(18)19)14-2-7-4-16-10(12)21-7;1-12(2)7(5-13(14)15)10-3-6-4-11-8(9)16-6/h3-5,13-14H,1-2H2;4-5,10H,3H2,1-2H3/b;7-5+. The molecule has 3 aromatic rings. The first-order valence-corrected chi connectivity index (χ1v) is 13.5. The molecule has 3 aromatic heterocycles. The van der Waals surface area contributed by atoms with E-state index in [2.05, 4.69) is 30.9 Å². The molecule has 3 heterocycles. The Balaban J connectivity index is 0.000000271. The van der Waals surface area contributed by atoms with Crippen molar-refractivity contribution in [2.24, 2.45) is 0 Å². The van der Waals surface area contributed by atoms with Crippen LogP contribution in [0.5, 0.6) is 0 Å². The maximum atomic E-state index is 10.6. The van der Waals surface area contributed by atoms with E-state index in [1.165, 1.54) is 34.0 Å². The van der Waals surface area contributed by atoms with Crippen molar-refractivity contribution in [1.82, 2.24) is 35.8 Å². The van der Waals surface area contributed by atoms with E-state index >= 15 is 0 Å². The number of hydrogen-bond donors (Lipinski definition) is 3. The second-order valence-corrected chi connectivity index (χ2v) is 11.9. The van der Waals surface area contributed by atoms with E-state index in [0.717, 1.165) is 27.0 Å². The van der Waals surface area contributed by atoms with Crippen LogP contribution in [-0.2, 0) is 19.6 Å². The Kier molecular flexibility index (Phi) is 12.7. The first-order valence-electron chi connectivity index (χ1n) is 9.92. The Hall–Kier alpha value is -2.76. The van der Waals surface area contributed by atoms with Crippen LogP contribution in [0.15, 0.2) is 42.6 Å². The Morgan fingerprint density at radius 2 is 1.19 bits per heavy atom. The number of halogens is 3. The van der Waals surface area contributed by atoms with E-state index in [1.54, 1.807) is 37.6 Å². The van der Waals surface area contributed by atoms with Gasteiger partial charge in [-0.1, -0.05) is 34.8 Å². The maximum absolute atomic E-state index is 10.6. The van der Waals surface area contributed by atoms with Crippen molar-refractivity contribution in [2.75, 3.05) is 14.1 Å². The van der Waals surface area contributed by atoms with Crippen molar-refractivity contribution >= 4 is 68.8 Å². The zero-order valence-corrected chi connectivity index (χ0v) is 23.9. The molecule has 0 aliphatic carbocycles. The highest BCUT2D eigenvalue weighted by atomic mass is 35.5. The number of thiazole rings is 3. The normalized spacial score (nSPS) is 10.7. The molecule has 0 aliphatic heterocycles. The highest BCUT2D eigenvalue weighted by Crippen LogP contribution is 2.19. The van der Waals surface area contributed by atoms with E-state index in [1.807, 2.05) is 0 Å². The number of nitro groups is 2. The van der Waals surface area contributed by atoms with Crippen LogP contribution in [-0.4, -0.2) is 43.8 Å². The number of nitrogens with zero attached hydrogens (tertiary/aromatic N) is 6. The molecule has 0 radical (unpaired) electrons. The Bertz CT molecular complexity index is 1200. The Morgan fingerprint density at radius 1 is 0.811 bits per heavy atom. The molecular weight excluding hydrogens is 609 g/mol. The molecule has 13 nitrogen and oxygen atoms in total. The third-order valence-corrected chi connectivity index (χ3v) is 7.21. The predicted octanol–water partition coefficient (Wildman–Crippen LogP) is 4.38. The summed E-state index contributed by atoms with van der Waals surface area (Å²) in [5, 5.41) is 29.8. The lowest BCUT2D eigenvalue weighted by molar-refractivity contribution is -0.404. The van der Waals surface area contributed by atoms with Crippen LogP contribution in [0.3, 0.4) is 0 Å². The van der Waals surface area contributed by atoms with Crippen molar-refractivity contribution in [3.63, 3.8) is 0 Å². The van der Waals surface area contributed by atoms with Gasteiger partial charge in [0.2, 0.25) is 0 Å². The van der Waals surface area contributed by atoms with Crippen molar-refractivity contribution in [3.05, 3.63) is 90.9 Å². The summed E-state index contributed by atoms with van der Waals surface area (Å²) in [5.74, 6) is 0.712. The van der Waals surface area contributed by atoms with Gasteiger partial charge >= 0.3 is 0 Å². The SMILES string of the molecule is CN(C)/C(=C/[N+](=O)[O-])NCc1cnc(Cl)s1.O=[N+]([O-])C=C(NCc1cnc(Cl)s1)NCc1cnc(Cl)s1. The van der Waals surface area contributed by atoms with Gasteiger partial charge in [-0.15, -0.1) is 34.0 Å². The second-order valence-electron chi connectivity index (χ2n) is 6.82. The fourth-order valence-electron chi connectivity index (χ4n) is 2.32. The first kappa shape index (κ1) is 30.5. The van der Waals surface area contributed by atoms with Gasteiger partial charge in [0, 0.05) is 47.3 Å². The van der Waals surface area contributed by atoms with Gasteiger partial charge in [-0.2, -0.15) is 0 Å².